The van der Waals surface area contributed by atoms with Crippen molar-refractivity contribution in [2.45, 2.75) is 19.3 Å². The second-order valence-electron chi connectivity index (χ2n) is 2.63. The van der Waals surface area contributed by atoms with Crippen LogP contribution in [-0.2, 0) is 0 Å². The first-order valence-electron chi connectivity index (χ1n) is 3.76. The van der Waals surface area contributed by atoms with Gasteiger partial charge in [-0.05, 0) is 25.9 Å². The van der Waals surface area contributed by atoms with Gasteiger partial charge in [-0.2, -0.15) is 12.6 Å². The van der Waals surface area contributed by atoms with E-state index in [4.69, 9.17) is 0 Å². The molecule has 2 heteroatoms. The zero-order valence-electron chi connectivity index (χ0n) is 5.84. The van der Waals surface area contributed by atoms with Crippen LogP contribution in [0.25, 0.3) is 0 Å². The van der Waals surface area contributed by atoms with Crippen LogP contribution in [-0.4, -0.2) is 30.3 Å². The highest BCUT2D eigenvalue weighted by Gasteiger charge is 2.07. The Morgan fingerprint density at radius 1 is 1.11 bits per heavy atom. The molecule has 0 atom stereocenters. The van der Waals surface area contributed by atoms with E-state index in [0.29, 0.717) is 0 Å². The van der Waals surface area contributed by atoms with Crippen molar-refractivity contribution >= 4 is 12.6 Å². The van der Waals surface area contributed by atoms with Gasteiger partial charge in [-0.15, -0.1) is 0 Å². The molecule has 0 amide bonds. The lowest BCUT2D eigenvalue weighted by molar-refractivity contribution is 0.242. The van der Waals surface area contributed by atoms with Crippen LogP contribution in [0.2, 0.25) is 0 Å². The normalized spacial score (nSPS) is 22.3. The minimum absolute atomic E-state index is 1.01. The average Bonchev–Trinajstić information content (AvgIpc) is 1.91. The van der Waals surface area contributed by atoms with E-state index in [2.05, 4.69) is 17.5 Å². The Kier molecular flexibility index (Phi) is 3.44. The van der Waals surface area contributed by atoms with Crippen molar-refractivity contribution in [3.63, 3.8) is 0 Å². The lowest BCUT2D eigenvalue weighted by Crippen LogP contribution is -2.31. The van der Waals surface area contributed by atoms with Crippen LogP contribution in [0, 0.1) is 0 Å². The van der Waals surface area contributed by atoms with E-state index in [9.17, 15) is 0 Å². The molecule has 1 aliphatic rings. The fourth-order valence-electron chi connectivity index (χ4n) is 1.32. The number of likely N-dealkylation sites (tertiary alicyclic amines) is 1. The molecule has 0 radical (unpaired) electrons. The fraction of sp³-hybridized carbons (Fsp3) is 1.00. The first kappa shape index (κ1) is 7.42. The highest BCUT2D eigenvalue weighted by atomic mass is 32.1. The molecule has 0 unspecified atom stereocenters. The predicted octanol–water partition coefficient (Wildman–Crippen LogP) is 1.40. The minimum atomic E-state index is 1.01. The van der Waals surface area contributed by atoms with E-state index >= 15 is 0 Å². The number of nitrogens with zero attached hydrogens (tertiary/aromatic N) is 1. The summed E-state index contributed by atoms with van der Waals surface area (Å²) in [5, 5.41) is 0. The summed E-state index contributed by atoms with van der Waals surface area (Å²) in [5.74, 6) is 1.01. The number of hydrogen-bond acceptors (Lipinski definition) is 2. The van der Waals surface area contributed by atoms with Gasteiger partial charge in [0, 0.05) is 12.3 Å². The third-order valence-corrected chi connectivity index (χ3v) is 2.06. The molecule has 54 valence electrons. The standard InChI is InChI=1S/C7H15NS/c9-7-6-8-4-2-1-3-5-8/h9H,1-7H2. The van der Waals surface area contributed by atoms with Gasteiger partial charge in [0.25, 0.3) is 0 Å². The van der Waals surface area contributed by atoms with Crippen molar-refractivity contribution in [3.8, 4) is 0 Å². The summed E-state index contributed by atoms with van der Waals surface area (Å²) in [6.45, 7) is 3.80. The Hall–Kier alpha value is 0.310. The minimum Gasteiger partial charge on any atom is -0.303 e. The third kappa shape index (κ3) is 2.59. The molecule has 0 aliphatic carbocycles. The maximum atomic E-state index is 4.19. The lowest BCUT2D eigenvalue weighted by atomic mass is 10.1. The molecule has 0 bridgehead atoms. The van der Waals surface area contributed by atoms with Gasteiger partial charge in [0.05, 0.1) is 0 Å². The topological polar surface area (TPSA) is 3.24 Å². The van der Waals surface area contributed by atoms with E-state index in [1.54, 1.807) is 0 Å². The summed E-state index contributed by atoms with van der Waals surface area (Å²) in [5.41, 5.74) is 0. The Morgan fingerprint density at radius 3 is 2.33 bits per heavy atom. The van der Waals surface area contributed by atoms with Crippen LogP contribution >= 0.6 is 12.6 Å². The Morgan fingerprint density at radius 2 is 1.78 bits per heavy atom. The molecule has 0 aromatic carbocycles. The van der Waals surface area contributed by atoms with Gasteiger partial charge in [-0.1, -0.05) is 6.42 Å². The Balaban J connectivity index is 2.08. The van der Waals surface area contributed by atoms with E-state index in [1.807, 2.05) is 0 Å². The predicted molar refractivity (Wildman–Crippen MR) is 44.1 cm³/mol. The molecule has 1 fully saturated rings. The summed E-state index contributed by atoms with van der Waals surface area (Å²) in [4.78, 5) is 2.50. The quantitative estimate of drug-likeness (QED) is 0.575. The first-order valence-corrected chi connectivity index (χ1v) is 4.40. The van der Waals surface area contributed by atoms with Crippen LogP contribution in [0.5, 0.6) is 0 Å². The smallest absolute Gasteiger partial charge is 0.00698 e. The van der Waals surface area contributed by atoms with Gasteiger partial charge in [-0.25, -0.2) is 0 Å². The van der Waals surface area contributed by atoms with Crippen molar-refractivity contribution in [3.05, 3.63) is 0 Å². The largest absolute Gasteiger partial charge is 0.303 e. The fourth-order valence-corrected chi connectivity index (χ4v) is 1.61. The van der Waals surface area contributed by atoms with Crippen molar-refractivity contribution < 1.29 is 0 Å². The van der Waals surface area contributed by atoms with Gasteiger partial charge in [0.2, 0.25) is 0 Å². The zero-order valence-corrected chi connectivity index (χ0v) is 6.74. The molecule has 1 heterocycles. The van der Waals surface area contributed by atoms with Gasteiger partial charge in [0.1, 0.15) is 0 Å². The number of piperidine rings is 1. The van der Waals surface area contributed by atoms with Gasteiger partial charge < -0.3 is 4.90 Å². The maximum Gasteiger partial charge on any atom is 0.00698 e. The summed E-state index contributed by atoms with van der Waals surface area (Å²) < 4.78 is 0. The summed E-state index contributed by atoms with van der Waals surface area (Å²) >= 11 is 4.19. The molecule has 1 aliphatic heterocycles. The van der Waals surface area contributed by atoms with Gasteiger partial charge in [0.15, 0.2) is 0 Å². The molecule has 9 heavy (non-hydrogen) atoms. The average molecular weight is 145 g/mol. The van der Waals surface area contributed by atoms with Gasteiger partial charge in [-0.3, -0.25) is 0 Å². The highest BCUT2D eigenvalue weighted by Crippen LogP contribution is 2.07. The first-order chi connectivity index (χ1) is 4.43. The molecule has 0 spiro atoms. The number of hydrogen-bond donors (Lipinski definition) is 1. The molecular weight excluding hydrogens is 130 g/mol. The molecule has 0 aromatic heterocycles. The van der Waals surface area contributed by atoms with Crippen molar-refractivity contribution in [1.29, 1.82) is 0 Å². The molecule has 0 aromatic rings. The lowest BCUT2D eigenvalue weighted by Gasteiger charge is -2.25. The van der Waals surface area contributed by atoms with Crippen molar-refractivity contribution in [1.82, 2.24) is 4.90 Å². The SMILES string of the molecule is SCCN1CCCCC1. The van der Waals surface area contributed by atoms with E-state index in [1.165, 1.54) is 38.9 Å². The molecular formula is C7H15NS. The molecule has 0 saturated carbocycles. The second kappa shape index (κ2) is 4.18. The number of thiol groups is 1. The molecule has 1 rings (SSSR count). The van der Waals surface area contributed by atoms with E-state index < -0.39 is 0 Å². The van der Waals surface area contributed by atoms with Crippen molar-refractivity contribution in [2.75, 3.05) is 25.4 Å². The van der Waals surface area contributed by atoms with Crippen LogP contribution in [0.4, 0.5) is 0 Å². The molecule has 1 nitrogen and oxygen atoms in total. The van der Waals surface area contributed by atoms with Gasteiger partial charge >= 0.3 is 0 Å². The van der Waals surface area contributed by atoms with Crippen LogP contribution in [0.3, 0.4) is 0 Å². The maximum absolute atomic E-state index is 4.19. The summed E-state index contributed by atoms with van der Waals surface area (Å²) in [6.07, 6.45) is 4.23. The zero-order chi connectivity index (χ0) is 6.53. The highest BCUT2D eigenvalue weighted by molar-refractivity contribution is 7.80. The molecule has 0 N–H and O–H groups in total. The second-order valence-corrected chi connectivity index (χ2v) is 3.07. The third-order valence-electron chi connectivity index (χ3n) is 1.86. The van der Waals surface area contributed by atoms with E-state index in [0.717, 1.165) is 5.75 Å². The van der Waals surface area contributed by atoms with Crippen molar-refractivity contribution in [2.24, 2.45) is 0 Å². The summed E-state index contributed by atoms with van der Waals surface area (Å²) in [6, 6.07) is 0. The summed E-state index contributed by atoms with van der Waals surface area (Å²) in [7, 11) is 0. The Labute approximate surface area is 62.8 Å². The Bertz CT molecular complexity index is 66.6. The monoisotopic (exact) mass is 145 g/mol. The van der Waals surface area contributed by atoms with Crippen LogP contribution in [0.15, 0.2) is 0 Å². The molecule has 1 saturated heterocycles. The van der Waals surface area contributed by atoms with Crippen LogP contribution in [0.1, 0.15) is 19.3 Å². The number of rotatable bonds is 2. The van der Waals surface area contributed by atoms with E-state index in [-0.39, 0.29) is 0 Å². The van der Waals surface area contributed by atoms with Crippen LogP contribution < -0.4 is 0 Å².